The average Bonchev–Trinajstić information content (AvgIpc) is 3.21. The minimum absolute atomic E-state index is 0.138. The van der Waals surface area contributed by atoms with Crippen molar-refractivity contribution in [2.75, 3.05) is 0 Å². The molecule has 0 saturated carbocycles. The van der Waals surface area contributed by atoms with Crippen LogP contribution in [-0.4, -0.2) is 166 Å². The molecule has 0 aromatic carbocycles. The van der Waals surface area contributed by atoms with Gasteiger partial charge in [0.05, 0.1) is 79.6 Å². The van der Waals surface area contributed by atoms with E-state index in [1.54, 1.807) is 38.2 Å². The molecule has 18 heteroatoms. The molecule has 3 aliphatic heterocycles. The van der Waals surface area contributed by atoms with Gasteiger partial charge in [-0.3, -0.25) is 9.59 Å². The number of esters is 1. The zero-order chi connectivity index (χ0) is 48.4. The first-order valence-electron chi connectivity index (χ1n) is 22.6. The van der Waals surface area contributed by atoms with Crippen molar-refractivity contribution in [3.05, 3.63) is 72.9 Å². The molecule has 19 atom stereocenters. The predicted octanol–water partition coefficient (Wildman–Crippen LogP) is 0.936. The molecule has 0 aromatic rings. The van der Waals surface area contributed by atoms with Crippen LogP contribution in [0.4, 0.5) is 0 Å². The Labute approximate surface area is 381 Å². The maximum atomic E-state index is 12.6. The van der Waals surface area contributed by atoms with E-state index in [0.717, 1.165) is 12.8 Å². The van der Waals surface area contributed by atoms with Gasteiger partial charge in [0.1, 0.15) is 18.1 Å². The number of carboxylic acids is 1. The second-order valence-corrected chi connectivity index (χ2v) is 17.8. The molecule has 18 nitrogen and oxygen atoms in total. The number of hydrogen-bond donors (Lipinski definition) is 12. The van der Waals surface area contributed by atoms with Gasteiger partial charge in [-0.2, -0.15) is 0 Å². The quantitative estimate of drug-likeness (QED) is 0.175. The Hall–Kier alpha value is -3.18. The van der Waals surface area contributed by atoms with Gasteiger partial charge in [-0.05, 0) is 52.4 Å². The lowest BCUT2D eigenvalue weighted by molar-refractivity contribution is -0.310. The van der Waals surface area contributed by atoms with Crippen LogP contribution >= 0.6 is 0 Å². The number of allylic oxidation sites excluding steroid dienone is 10. The van der Waals surface area contributed by atoms with Crippen molar-refractivity contribution in [1.82, 2.24) is 0 Å². The number of aliphatic carboxylic acids is 1. The fourth-order valence-corrected chi connectivity index (χ4v) is 8.11. The third-order valence-corrected chi connectivity index (χ3v) is 12.2. The van der Waals surface area contributed by atoms with Crippen molar-refractivity contribution in [2.45, 2.75) is 189 Å². The monoisotopic (exact) mass is 926 g/mol. The Kier molecular flexibility index (Phi) is 23.8. The van der Waals surface area contributed by atoms with Crippen LogP contribution in [0.1, 0.15) is 91.9 Å². The van der Waals surface area contributed by atoms with E-state index in [4.69, 9.17) is 24.7 Å². The zero-order valence-electron chi connectivity index (χ0n) is 37.8. The van der Waals surface area contributed by atoms with Crippen molar-refractivity contribution in [3.63, 3.8) is 0 Å². The normalized spacial score (nSPS) is 42.3. The molecule has 3 rings (SSSR count). The number of aliphatic hydroxyl groups is 10. The summed E-state index contributed by atoms with van der Waals surface area (Å²) in [6.07, 6.45) is 2.28. The Morgan fingerprint density at radius 1 is 0.692 bits per heavy atom. The summed E-state index contributed by atoms with van der Waals surface area (Å²) in [5.41, 5.74) is 6.02. The Morgan fingerprint density at radius 3 is 1.94 bits per heavy atom. The SMILES string of the molecule is C[C@@H]1[C@H](O)[C@@H](C)C=CC=CCCC=CC=CC=CC=C[C@H](O[C@H]2O[C@@H](C)[C@H](O)[C@@H](N)[C@H]2O)CC2O[C@](O)(C[C@@H](O)[C@H](O)CC[C@@H](O)C[C@@H](O)C[C@@H](O)CC(=O)O[C@H]1C)C[C@H](O)[C@H]2C(=O)O. The molecule has 0 aromatic heterocycles. The molecule has 1 unspecified atom stereocenters. The van der Waals surface area contributed by atoms with E-state index in [9.17, 15) is 65.8 Å². The largest absolute Gasteiger partial charge is 0.481 e. The van der Waals surface area contributed by atoms with E-state index >= 15 is 0 Å². The van der Waals surface area contributed by atoms with Gasteiger partial charge in [0, 0.05) is 31.1 Å². The fourth-order valence-electron chi connectivity index (χ4n) is 8.11. The molecular formula is C47H75NO17. The van der Waals surface area contributed by atoms with Crippen LogP contribution in [0.3, 0.4) is 0 Å². The van der Waals surface area contributed by atoms with Gasteiger partial charge in [0.2, 0.25) is 0 Å². The van der Waals surface area contributed by atoms with Crippen molar-refractivity contribution >= 4 is 11.9 Å². The second kappa shape index (κ2) is 27.6. The molecule has 2 saturated heterocycles. The predicted molar refractivity (Wildman–Crippen MR) is 237 cm³/mol. The Bertz CT molecular complexity index is 1620. The van der Waals surface area contributed by atoms with Gasteiger partial charge < -0.3 is 80.9 Å². The number of aliphatic hydroxyl groups excluding tert-OH is 9. The molecule has 3 heterocycles. The number of nitrogens with two attached hydrogens (primary N) is 1. The van der Waals surface area contributed by atoms with E-state index in [2.05, 4.69) is 0 Å². The highest BCUT2D eigenvalue weighted by atomic mass is 16.7. The van der Waals surface area contributed by atoms with Gasteiger partial charge in [0.15, 0.2) is 12.1 Å². The first kappa shape index (κ1) is 56.1. The first-order valence-corrected chi connectivity index (χ1v) is 22.6. The minimum atomic E-state index is -2.35. The summed E-state index contributed by atoms with van der Waals surface area (Å²) < 4.78 is 23.2. The van der Waals surface area contributed by atoms with E-state index in [-0.39, 0.29) is 38.0 Å². The van der Waals surface area contributed by atoms with Crippen LogP contribution in [0, 0.1) is 17.8 Å². The molecule has 0 aliphatic carbocycles. The third-order valence-electron chi connectivity index (χ3n) is 12.2. The lowest BCUT2D eigenvalue weighted by Crippen LogP contribution is -2.61. The molecule has 13 N–H and O–H groups in total. The topological polar surface area (TPSA) is 320 Å². The maximum Gasteiger partial charge on any atom is 0.311 e. The van der Waals surface area contributed by atoms with Crippen LogP contribution in [0.2, 0.25) is 0 Å². The second-order valence-electron chi connectivity index (χ2n) is 17.8. The summed E-state index contributed by atoms with van der Waals surface area (Å²) in [5.74, 6) is -6.82. The maximum absolute atomic E-state index is 12.6. The molecular weight excluding hydrogens is 851 g/mol. The van der Waals surface area contributed by atoms with Gasteiger partial charge in [-0.25, -0.2) is 0 Å². The van der Waals surface area contributed by atoms with Crippen LogP contribution < -0.4 is 5.73 Å². The molecule has 2 bridgehead atoms. The van der Waals surface area contributed by atoms with E-state index in [0.29, 0.717) is 0 Å². The zero-order valence-corrected chi connectivity index (χ0v) is 37.8. The van der Waals surface area contributed by atoms with E-state index < -0.39 is 141 Å². The number of ether oxygens (including phenoxy) is 4. The van der Waals surface area contributed by atoms with Crippen LogP contribution in [0.15, 0.2) is 72.9 Å². The van der Waals surface area contributed by atoms with Gasteiger partial charge in [-0.1, -0.05) is 86.8 Å². The van der Waals surface area contributed by atoms with E-state index in [1.165, 1.54) is 13.0 Å². The molecule has 65 heavy (non-hydrogen) atoms. The molecule has 0 radical (unpaired) electrons. The molecule has 3 aliphatic rings. The number of carboxylic acid groups (broad SMARTS) is 1. The molecule has 0 amide bonds. The van der Waals surface area contributed by atoms with Crippen molar-refractivity contribution in [2.24, 2.45) is 23.5 Å². The van der Waals surface area contributed by atoms with Crippen molar-refractivity contribution in [3.8, 4) is 0 Å². The third kappa shape index (κ3) is 18.8. The highest BCUT2D eigenvalue weighted by Gasteiger charge is 2.51. The van der Waals surface area contributed by atoms with Gasteiger partial charge in [0.25, 0.3) is 0 Å². The number of rotatable bonds is 3. The summed E-state index contributed by atoms with van der Waals surface area (Å²) >= 11 is 0. The van der Waals surface area contributed by atoms with Crippen LogP contribution in [0.25, 0.3) is 0 Å². The number of carbonyl (C=O) groups excluding carboxylic acids is 1. The smallest absolute Gasteiger partial charge is 0.311 e. The number of hydrogen-bond acceptors (Lipinski definition) is 17. The number of cyclic esters (lactones) is 1. The Balaban J connectivity index is 1.84. The summed E-state index contributed by atoms with van der Waals surface area (Å²) in [6, 6.07) is -1.14. The Morgan fingerprint density at radius 2 is 1.28 bits per heavy atom. The summed E-state index contributed by atoms with van der Waals surface area (Å²) in [7, 11) is 0. The molecule has 370 valence electrons. The molecule has 0 spiro atoms. The first-order chi connectivity index (χ1) is 30.6. The van der Waals surface area contributed by atoms with Gasteiger partial charge >= 0.3 is 11.9 Å². The fraction of sp³-hybridized carbons (Fsp3) is 0.702. The number of carbonyl (C=O) groups is 2. The van der Waals surface area contributed by atoms with Crippen LogP contribution in [-0.2, 0) is 28.5 Å². The van der Waals surface area contributed by atoms with Crippen molar-refractivity contribution < 1.29 is 84.7 Å². The molecule has 2 fully saturated rings. The standard InChI is InChI=1S/C47H75NO17/c1-27-17-15-13-11-9-7-5-6-8-10-12-14-16-18-34(64-46-44(58)41(48)43(57)30(4)63-46)24-38-40(45(59)60)37(54)26-47(61,65-38)25-36(53)35(52)20-19-31(49)21-32(50)22-33(51)23-39(55)62-29(3)28(2)42(27)56/h5-6,8,10-18,27-38,40-44,46,49-54,56-58,61H,7,9,19-26,48H2,1-4H3,(H,59,60)/t27-,28-,29-,30-,31+,32+,33+,34-,35+,36+,37-,38?,40+,41+,42+,43-,44+,46+,47+/m0/s1. The highest BCUT2D eigenvalue weighted by Crippen LogP contribution is 2.38. The average molecular weight is 926 g/mol. The lowest BCUT2D eigenvalue weighted by Gasteiger charge is -2.45. The van der Waals surface area contributed by atoms with Crippen molar-refractivity contribution in [1.29, 1.82) is 0 Å². The summed E-state index contributed by atoms with van der Waals surface area (Å²) in [6.45, 7) is 6.78. The minimum Gasteiger partial charge on any atom is -0.481 e. The highest BCUT2D eigenvalue weighted by molar-refractivity contribution is 5.71. The summed E-state index contributed by atoms with van der Waals surface area (Å²) in [4.78, 5) is 25.1. The lowest BCUT2D eigenvalue weighted by atomic mass is 9.82. The van der Waals surface area contributed by atoms with Gasteiger partial charge in [-0.15, -0.1) is 0 Å². The van der Waals surface area contributed by atoms with E-state index in [1.807, 2.05) is 49.5 Å². The van der Waals surface area contributed by atoms with Crippen LogP contribution in [0.5, 0.6) is 0 Å². The number of fused-ring (bicyclic) bond motifs is 2. The summed E-state index contributed by atoms with van der Waals surface area (Å²) in [5, 5.41) is 118.